The second-order valence-corrected chi connectivity index (χ2v) is 8.17. The second kappa shape index (κ2) is 7.91. The topological polar surface area (TPSA) is 83.4 Å². The number of hydrogen-bond acceptors (Lipinski definition) is 5. The minimum atomic E-state index is -0.0345. The number of aromatic nitrogens is 3. The minimum absolute atomic E-state index is 0.0345. The quantitative estimate of drug-likeness (QED) is 0.537. The zero-order valence-electron chi connectivity index (χ0n) is 17.6. The molecule has 3 aromatic rings. The van der Waals surface area contributed by atoms with Crippen molar-refractivity contribution in [2.24, 2.45) is 0 Å². The molecular formula is C24H26N6O. The molecule has 0 bridgehead atoms. The smallest absolute Gasteiger partial charge is 0.228 e. The maximum absolute atomic E-state index is 11.7. The Morgan fingerprint density at radius 1 is 1.32 bits per heavy atom. The molecular weight excluding hydrogens is 388 g/mol. The molecule has 0 radical (unpaired) electrons. The van der Waals surface area contributed by atoms with Crippen molar-refractivity contribution in [2.75, 3.05) is 10.6 Å². The monoisotopic (exact) mass is 414 g/mol. The molecule has 2 aliphatic rings. The number of carbonyl (C=O) groups is 1. The molecule has 3 N–H and O–H groups in total. The molecule has 1 saturated carbocycles. The predicted octanol–water partition coefficient (Wildman–Crippen LogP) is 4.28. The molecule has 1 amide bonds. The van der Waals surface area contributed by atoms with E-state index < -0.39 is 0 Å². The Hall–Kier alpha value is -3.61. The van der Waals surface area contributed by atoms with E-state index in [0.29, 0.717) is 18.2 Å². The molecule has 31 heavy (non-hydrogen) atoms. The van der Waals surface area contributed by atoms with Crippen LogP contribution >= 0.6 is 0 Å². The maximum atomic E-state index is 11.7. The van der Waals surface area contributed by atoms with Gasteiger partial charge in [0.2, 0.25) is 5.91 Å². The highest BCUT2D eigenvalue weighted by atomic mass is 16.1. The minimum Gasteiger partial charge on any atom is -0.367 e. The van der Waals surface area contributed by atoms with Crippen molar-refractivity contribution in [3.05, 3.63) is 71.6 Å². The van der Waals surface area contributed by atoms with Gasteiger partial charge in [0.25, 0.3) is 0 Å². The summed E-state index contributed by atoms with van der Waals surface area (Å²) in [7, 11) is 0. The fourth-order valence-electron chi connectivity index (χ4n) is 3.88. The van der Waals surface area contributed by atoms with E-state index in [2.05, 4.69) is 58.8 Å². The van der Waals surface area contributed by atoms with Crippen LogP contribution in [0.15, 0.2) is 60.4 Å². The van der Waals surface area contributed by atoms with Crippen LogP contribution in [-0.4, -0.2) is 26.5 Å². The van der Waals surface area contributed by atoms with Crippen molar-refractivity contribution in [3.63, 3.8) is 0 Å². The van der Waals surface area contributed by atoms with E-state index in [4.69, 9.17) is 4.98 Å². The zero-order chi connectivity index (χ0) is 21.4. The maximum Gasteiger partial charge on any atom is 0.228 e. The van der Waals surface area contributed by atoms with E-state index >= 15 is 0 Å². The molecule has 2 aromatic heterocycles. The lowest BCUT2D eigenvalue weighted by Gasteiger charge is -2.19. The Morgan fingerprint density at radius 3 is 2.81 bits per heavy atom. The van der Waals surface area contributed by atoms with E-state index in [9.17, 15) is 4.79 Å². The largest absolute Gasteiger partial charge is 0.367 e. The summed E-state index contributed by atoms with van der Waals surface area (Å²) in [5.74, 6) is 1.68. The Kier molecular flexibility index (Phi) is 4.94. The van der Waals surface area contributed by atoms with Gasteiger partial charge in [-0.05, 0) is 36.5 Å². The van der Waals surface area contributed by atoms with E-state index in [1.165, 1.54) is 18.4 Å². The lowest BCUT2D eigenvalue weighted by Crippen LogP contribution is -2.13. The third-order valence-electron chi connectivity index (χ3n) is 5.72. The lowest BCUT2D eigenvalue weighted by atomic mass is 10.0. The van der Waals surface area contributed by atoms with Crippen LogP contribution in [0.5, 0.6) is 0 Å². The molecule has 7 nitrogen and oxygen atoms in total. The Morgan fingerprint density at radius 2 is 2.13 bits per heavy atom. The summed E-state index contributed by atoms with van der Waals surface area (Å²) in [6.07, 6.45) is 7.34. The standard InChI is InChI=1S/C24H26N6O/c1-3-20(16-7-5-4-6-8-16)28-21-13-22(27-19-9-10-19)30-24(29-21)18(14-25-30)11-17-12-23(31)26-15(17)2/h4-8,11,13-14,19-20,27H,2-3,9-10,12H2,1H3,(H,26,31)(H,28,29)/b17-11+. The van der Waals surface area contributed by atoms with Gasteiger partial charge in [-0.15, -0.1) is 0 Å². The molecule has 3 heterocycles. The van der Waals surface area contributed by atoms with Crippen LogP contribution in [0.3, 0.4) is 0 Å². The molecule has 1 atom stereocenters. The summed E-state index contributed by atoms with van der Waals surface area (Å²) >= 11 is 0. The Labute approximate surface area is 181 Å². The SMILES string of the molecule is C=C1NC(=O)C/C1=C\c1cnn2c(NC3CC3)cc(NC(CC)c3ccccc3)nc12. The van der Waals surface area contributed by atoms with E-state index in [1.54, 1.807) is 6.20 Å². The molecule has 5 rings (SSSR count). The summed E-state index contributed by atoms with van der Waals surface area (Å²) in [6, 6.07) is 13.1. The summed E-state index contributed by atoms with van der Waals surface area (Å²) in [6.45, 7) is 6.10. The van der Waals surface area contributed by atoms with Crippen LogP contribution in [0, 0.1) is 0 Å². The number of carbonyl (C=O) groups excluding carboxylic acids is 1. The molecule has 1 saturated heterocycles. The first-order chi connectivity index (χ1) is 15.1. The molecule has 7 heteroatoms. The van der Waals surface area contributed by atoms with Crippen LogP contribution in [0.4, 0.5) is 11.6 Å². The van der Waals surface area contributed by atoms with Crippen molar-refractivity contribution in [1.82, 2.24) is 19.9 Å². The first-order valence-electron chi connectivity index (χ1n) is 10.8. The number of nitrogens with one attached hydrogen (secondary N) is 3. The molecule has 1 aromatic carbocycles. The lowest BCUT2D eigenvalue weighted by molar-refractivity contribution is -0.118. The molecule has 1 aliphatic carbocycles. The van der Waals surface area contributed by atoms with E-state index in [0.717, 1.165) is 34.8 Å². The van der Waals surface area contributed by atoms with Gasteiger partial charge < -0.3 is 16.0 Å². The number of nitrogens with zero attached hydrogens (tertiary/aromatic N) is 3. The fourth-order valence-corrected chi connectivity index (χ4v) is 3.88. The van der Waals surface area contributed by atoms with E-state index in [-0.39, 0.29) is 11.9 Å². The van der Waals surface area contributed by atoms with Crippen molar-refractivity contribution < 1.29 is 4.79 Å². The highest BCUT2D eigenvalue weighted by Gasteiger charge is 2.24. The van der Waals surface area contributed by atoms with Gasteiger partial charge in [-0.1, -0.05) is 43.8 Å². The van der Waals surface area contributed by atoms with Crippen molar-refractivity contribution in [3.8, 4) is 0 Å². The third-order valence-corrected chi connectivity index (χ3v) is 5.72. The number of rotatable bonds is 7. The van der Waals surface area contributed by atoms with Crippen LogP contribution in [0.1, 0.15) is 49.8 Å². The van der Waals surface area contributed by atoms with Crippen LogP contribution in [-0.2, 0) is 4.79 Å². The summed E-state index contributed by atoms with van der Waals surface area (Å²) in [4.78, 5) is 16.6. The highest BCUT2D eigenvalue weighted by Crippen LogP contribution is 2.30. The molecule has 1 aliphatic heterocycles. The van der Waals surface area contributed by atoms with Gasteiger partial charge in [0.15, 0.2) is 5.65 Å². The van der Waals surface area contributed by atoms with Crippen molar-refractivity contribution in [2.45, 2.75) is 44.7 Å². The van der Waals surface area contributed by atoms with Gasteiger partial charge in [0, 0.05) is 23.4 Å². The average molecular weight is 415 g/mol. The Balaban J connectivity index is 1.54. The second-order valence-electron chi connectivity index (χ2n) is 8.17. The Bertz CT molecular complexity index is 1180. The van der Waals surface area contributed by atoms with Crippen LogP contribution in [0.25, 0.3) is 11.7 Å². The predicted molar refractivity (Wildman–Crippen MR) is 123 cm³/mol. The number of benzene rings is 1. The summed E-state index contributed by atoms with van der Waals surface area (Å²) < 4.78 is 1.84. The first kappa shape index (κ1) is 19.4. The van der Waals surface area contributed by atoms with Gasteiger partial charge >= 0.3 is 0 Å². The van der Waals surface area contributed by atoms with Crippen LogP contribution in [0.2, 0.25) is 0 Å². The number of amides is 1. The third kappa shape index (κ3) is 4.03. The summed E-state index contributed by atoms with van der Waals surface area (Å²) in [5.41, 5.74) is 4.35. The number of hydrogen-bond donors (Lipinski definition) is 3. The average Bonchev–Trinajstić information content (AvgIpc) is 3.41. The molecule has 1 unspecified atom stereocenters. The molecule has 2 fully saturated rings. The van der Waals surface area contributed by atoms with Crippen molar-refractivity contribution >= 4 is 29.3 Å². The van der Waals surface area contributed by atoms with Gasteiger partial charge in [-0.25, -0.2) is 4.98 Å². The van der Waals surface area contributed by atoms with Gasteiger partial charge in [-0.3, -0.25) is 4.79 Å². The first-order valence-corrected chi connectivity index (χ1v) is 10.8. The number of anilines is 2. The van der Waals surface area contributed by atoms with Crippen molar-refractivity contribution in [1.29, 1.82) is 0 Å². The number of allylic oxidation sites excluding steroid dienone is 1. The highest BCUT2D eigenvalue weighted by molar-refractivity contribution is 5.89. The fraction of sp³-hybridized carbons (Fsp3) is 0.292. The summed E-state index contributed by atoms with van der Waals surface area (Å²) in [5, 5.41) is 14.5. The molecule has 0 spiro atoms. The zero-order valence-corrected chi connectivity index (χ0v) is 17.6. The van der Waals surface area contributed by atoms with Gasteiger partial charge in [0.1, 0.15) is 11.6 Å². The number of fused-ring (bicyclic) bond motifs is 1. The van der Waals surface area contributed by atoms with E-state index in [1.807, 2.05) is 22.7 Å². The van der Waals surface area contributed by atoms with Crippen LogP contribution < -0.4 is 16.0 Å². The van der Waals surface area contributed by atoms with Gasteiger partial charge in [0.05, 0.1) is 18.7 Å². The molecule has 158 valence electrons. The normalized spacial score (nSPS) is 18.4. The van der Waals surface area contributed by atoms with Gasteiger partial charge in [-0.2, -0.15) is 9.61 Å².